The van der Waals surface area contributed by atoms with E-state index in [1.165, 1.54) is 18.3 Å². The number of carbonyl (C=O) groups excluding carboxylic acids is 1. The second kappa shape index (κ2) is 10.5. The van der Waals surface area contributed by atoms with Gasteiger partial charge in [-0.3, -0.25) is 9.59 Å². The van der Waals surface area contributed by atoms with Crippen LogP contribution in [0.5, 0.6) is 5.75 Å². The van der Waals surface area contributed by atoms with Gasteiger partial charge in [-0.1, -0.05) is 11.6 Å². The van der Waals surface area contributed by atoms with E-state index in [1.807, 2.05) is 25.1 Å². The molecule has 180 valence electrons. The fourth-order valence-electron chi connectivity index (χ4n) is 4.22. The van der Waals surface area contributed by atoms with Crippen LogP contribution in [-0.2, 0) is 0 Å². The summed E-state index contributed by atoms with van der Waals surface area (Å²) in [4.78, 5) is 29.2. The van der Waals surface area contributed by atoms with E-state index in [0.717, 1.165) is 43.3 Å². The van der Waals surface area contributed by atoms with Gasteiger partial charge in [0.2, 0.25) is 0 Å². The maximum atomic E-state index is 13.7. The van der Waals surface area contributed by atoms with Crippen LogP contribution in [0.3, 0.4) is 0 Å². The molecule has 9 heteroatoms. The number of aromatic nitrogens is 1. The van der Waals surface area contributed by atoms with Gasteiger partial charge in [-0.05, 0) is 61.7 Å². The molecule has 0 saturated carbocycles. The van der Waals surface area contributed by atoms with Gasteiger partial charge >= 0.3 is 0 Å². The summed E-state index contributed by atoms with van der Waals surface area (Å²) in [7, 11) is 0. The summed E-state index contributed by atoms with van der Waals surface area (Å²) in [6.45, 7) is 3.95. The number of nitrogens with zero attached hydrogens (tertiary/aromatic N) is 1. The standard InChI is InChI=1S/C25H27ClFN3O4/c1-15-10-16(26)2-5-23(15)34-19-6-8-30(9-7-19)14-18(31)12-28-25(33)22-13-29-24(32)20-4-3-17(27)11-21(20)22/h2-5,10-11,13,18-19,31H,6-9,12,14H2,1H3,(H,28,33)(H,29,32)/t18-/m1/s1. The van der Waals surface area contributed by atoms with Gasteiger partial charge in [0, 0.05) is 48.2 Å². The first-order chi connectivity index (χ1) is 16.3. The summed E-state index contributed by atoms with van der Waals surface area (Å²) in [5, 5.41) is 14.3. The van der Waals surface area contributed by atoms with Crippen molar-refractivity contribution in [1.82, 2.24) is 15.2 Å². The minimum absolute atomic E-state index is 0.0369. The number of halogens is 2. The minimum atomic E-state index is -0.773. The Bertz CT molecular complexity index is 1240. The van der Waals surface area contributed by atoms with Crippen LogP contribution in [0.2, 0.25) is 5.02 Å². The molecule has 0 spiro atoms. The van der Waals surface area contributed by atoms with Crippen LogP contribution in [-0.4, -0.2) is 59.3 Å². The molecule has 1 atom stereocenters. The van der Waals surface area contributed by atoms with Crippen molar-refractivity contribution in [2.45, 2.75) is 32.0 Å². The van der Waals surface area contributed by atoms with Crippen molar-refractivity contribution in [3.05, 3.63) is 74.9 Å². The molecule has 1 aliphatic heterocycles. The summed E-state index contributed by atoms with van der Waals surface area (Å²) in [6, 6.07) is 9.26. The number of aliphatic hydroxyl groups is 1. The molecule has 1 saturated heterocycles. The molecule has 4 rings (SSSR count). The zero-order valence-electron chi connectivity index (χ0n) is 18.8. The molecule has 1 aliphatic rings. The zero-order chi connectivity index (χ0) is 24.2. The van der Waals surface area contributed by atoms with Gasteiger partial charge in [-0.15, -0.1) is 0 Å². The Kier molecular flexibility index (Phi) is 7.50. The maximum absolute atomic E-state index is 13.7. The molecular formula is C25H27ClFN3O4. The maximum Gasteiger partial charge on any atom is 0.255 e. The van der Waals surface area contributed by atoms with E-state index in [0.29, 0.717) is 11.6 Å². The van der Waals surface area contributed by atoms with Crippen molar-refractivity contribution in [1.29, 1.82) is 0 Å². The molecule has 34 heavy (non-hydrogen) atoms. The molecule has 3 aromatic rings. The second-order valence-corrected chi connectivity index (χ2v) is 9.05. The lowest BCUT2D eigenvalue weighted by atomic mass is 10.1. The number of amides is 1. The number of nitrogens with one attached hydrogen (secondary N) is 2. The lowest BCUT2D eigenvalue weighted by molar-refractivity contribution is 0.0592. The van der Waals surface area contributed by atoms with Crippen LogP contribution in [0.1, 0.15) is 28.8 Å². The highest BCUT2D eigenvalue weighted by molar-refractivity contribution is 6.30. The molecule has 7 nitrogen and oxygen atoms in total. The molecule has 3 N–H and O–H groups in total. The number of hydrogen-bond acceptors (Lipinski definition) is 5. The molecule has 1 fully saturated rings. The van der Waals surface area contributed by atoms with Gasteiger partial charge in [0.1, 0.15) is 17.7 Å². The Balaban J connectivity index is 1.26. The van der Waals surface area contributed by atoms with Crippen molar-refractivity contribution in [2.24, 2.45) is 0 Å². The fraction of sp³-hybridized carbons (Fsp3) is 0.360. The number of aliphatic hydroxyl groups excluding tert-OH is 1. The minimum Gasteiger partial charge on any atom is -0.490 e. The molecule has 2 aromatic carbocycles. The van der Waals surface area contributed by atoms with Gasteiger partial charge in [0.15, 0.2) is 0 Å². The topological polar surface area (TPSA) is 94.7 Å². The zero-order valence-corrected chi connectivity index (χ0v) is 19.6. The average molecular weight is 488 g/mol. The van der Waals surface area contributed by atoms with Crippen LogP contribution in [0.25, 0.3) is 10.8 Å². The average Bonchev–Trinajstić information content (AvgIpc) is 2.80. The molecule has 0 bridgehead atoms. The van der Waals surface area contributed by atoms with E-state index in [-0.39, 0.29) is 29.0 Å². The number of hydrogen-bond donors (Lipinski definition) is 3. The van der Waals surface area contributed by atoms with Gasteiger partial charge in [-0.2, -0.15) is 0 Å². The van der Waals surface area contributed by atoms with Crippen LogP contribution < -0.4 is 15.6 Å². The van der Waals surface area contributed by atoms with Crippen LogP contribution >= 0.6 is 11.6 Å². The van der Waals surface area contributed by atoms with E-state index in [4.69, 9.17) is 16.3 Å². The van der Waals surface area contributed by atoms with E-state index in [1.54, 1.807) is 0 Å². The monoisotopic (exact) mass is 487 g/mol. The summed E-state index contributed by atoms with van der Waals surface area (Å²) in [5.74, 6) is -0.192. The first-order valence-electron chi connectivity index (χ1n) is 11.2. The number of aromatic amines is 1. The highest BCUT2D eigenvalue weighted by Crippen LogP contribution is 2.25. The third-order valence-corrected chi connectivity index (χ3v) is 6.28. The van der Waals surface area contributed by atoms with Crippen LogP contribution in [0.4, 0.5) is 4.39 Å². The van der Waals surface area contributed by atoms with Gasteiger partial charge in [-0.25, -0.2) is 4.39 Å². The Morgan fingerprint density at radius 1 is 1.26 bits per heavy atom. The van der Waals surface area contributed by atoms with Crippen LogP contribution in [0, 0.1) is 12.7 Å². The quantitative estimate of drug-likeness (QED) is 0.475. The van der Waals surface area contributed by atoms with Gasteiger partial charge < -0.3 is 25.0 Å². The van der Waals surface area contributed by atoms with Crippen molar-refractivity contribution < 1.29 is 19.0 Å². The molecule has 0 aliphatic carbocycles. The van der Waals surface area contributed by atoms with Gasteiger partial charge in [0.25, 0.3) is 11.5 Å². The first-order valence-corrected chi connectivity index (χ1v) is 11.6. The molecule has 0 unspecified atom stereocenters. The molecule has 0 radical (unpaired) electrons. The molecule has 1 aromatic heterocycles. The van der Waals surface area contributed by atoms with E-state index in [9.17, 15) is 19.1 Å². The number of H-pyrrole nitrogens is 1. The van der Waals surface area contributed by atoms with Crippen molar-refractivity contribution >= 4 is 28.3 Å². The Labute approximate surface area is 201 Å². The number of piperidine rings is 1. The van der Waals surface area contributed by atoms with E-state index in [2.05, 4.69) is 15.2 Å². The number of ether oxygens (including phenoxy) is 1. The third kappa shape index (κ3) is 5.75. The smallest absolute Gasteiger partial charge is 0.255 e. The fourth-order valence-corrected chi connectivity index (χ4v) is 4.45. The predicted molar refractivity (Wildman–Crippen MR) is 129 cm³/mol. The van der Waals surface area contributed by atoms with Crippen molar-refractivity contribution in [2.75, 3.05) is 26.2 Å². The number of aryl methyl sites for hydroxylation is 1. The summed E-state index contributed by atoms with van der Waals surface area (Å²) < 4.78 is 19.8. The number of pyridine rings is 1. The van der Waals surface area contributed by atoms with Gasteiger partial charge in [0.05, 0.1) is 11.7 Å². The highest BCUT2D eigenvalue weighted by atomic mass is 35.5. The number of fused-ring (bicyclic) bond motifs is 1. The SMILES string of the molecule is Cc1cc(Cl)ccc1OC1CCN(C[C@H](O)CNC(=O)c2c[nH]c(=O)c3ccc(F)cc23)CC1. The van der Waals surface area contributed by atoms with Crippen LogP contribution in [0.15, 0.2) is 47.4 Å². The van der Waals surface area contributed by atoms with Crippen molar-refractivity contribution in [3.63, 3.8) is 0 Å². The Hall–Kier alpha value is -2.94. The number of rotatable bonds is 7. The number of benzene rings is 2. The number of β-amino-alcohol motifs (C(OH)–C–C–N with tert-alkyl or cyclic N) is 1. The third-order valence-electron chi connectivity index (χ3n) is 6.04. The summed E-state index contributed by atoms with van der Waals surface area (Å²) in [6.07, 6.45) is 2.25. The summed E-state index contributed by atoms with van der Waals surface area (Å²) >= 11 is 6.00. The normalized spacial score (nSPS) is 15.9. The second-order valence-electron chi connectivity index (χ2n) is 8.61. The molecule has 1 amide bonds. The predicted octanol–water partition coefficient (Wildman–Crippen LogP) is 3.26. The van der Waals surface area contributed by atoms with E-state index < -0.39 is 23.4 Å². The van der Waals surface area contributed by atoms with E-state index >= 15 is 0 Å². The van der Waals surface area contributed by atoms with Crippen molar-refractivity contribution in [3.8, 4) is 5.75 Å². The number of likely N-dealkylation sites (tertiary alicyclic amines) is 1. The molecule has 2 heterocycles. The highest BCUT2D eigenvalue weighted by Gasteiger charge is 2.23. The first kappa shape index (κ1) is 24.2. The Morgan fingerprint density at radius 3 is 2.76 bits per heavy atom. The number of carbonyl (C=O) groups is 1. The lowest BCUT2D eigenvalue weighted by Gasteiger charge is -2.33. The summed E-state index contributed by atoms with van der Waals surface area (Å²) in [5.41, 5.74) is 0.751. The molecular weight excluding hydrogens is 461 g/mol. The Morgan fingerprint density at radius 2 is 2.03 bits per heavy atom. The largest absolute Gasteiger partial charge is 0.490 e. The lowest BCUT2D eigenvalue weighted by Crippen LogP contribution is -2.45.